The molecular weight excluding hydrogens is 328 g/mol. The fraction of sp³-hybridized carbons (Fsp3) is 0.294. The largest absolute Gasteiger partial charge is 0.482 e. The van der Waals surface area contributed by atoms with Gasteiger partial charge in [0.05, 0.1) is 17.8 Å². The van der Waals surface area contributed by atoms with Crippen LogP contribution in [0.15, 0.2) is 22.7 Å². The number of amides is 1. The monoisotopic (exact) mass is 344 g/mol. The number of hydrogen-bond donors (Lipinski definition) is 1. The van der Waals surface area contributed by atoms with Gasteiger partial charge in [-0.2, -0.15) is 0 Å². The van der Waals surface area contributed by atoms with E-state index in [2.05, 4.69) is 10.5 Å². The molecular formula is C17H16N2O6. The first kappa shape index (κ1) is 16.7. The van der Waals surface area contributed by atoms with E-state index in [4.69, 9.17) is 14.0 Å². The van der Waals surface area contributed by atoms with Crippen molar-refractivity contribution in [1.82, 2.24) is 5.16 Å². The van der Waals surface area contributed by atoms with Crippen LogP contribution >= 0.6 is 0 Å². The second-order valence-corrected chi connectivity index (χ2v) is 5.61. The Morgan fingerprint density at radius 1 is 1.32 bits per heavy atom. The molecule has 1 aliphatic heterocycles. The van der Waals surface area contributed by atoms with Crippen LogP contribution in [0.5, 0.6) is 5.75 Å². The molecule has 8 heteroatoms. The molecule has 0 saturated carbocycles. The van der Waals surface area contributed by atoms with Crippen LogP contribution in [0, 0.1) is 13.8 Å². The van der Waals surface area contributed by atoms with E-state index in [1.54, 1.807) is 26.0 Å². The molecule has 2 heterocycles. The lowest BCUT2D eigenvalue weighted by Gasteiger charge is -2.18. The number of Topliss-reactive ketones (excluding diaryl/α,β-unsaturated/α-hetero) is 1. The summed E-state index contributed by atoms with van der Waals surface area (Å²) in [5, 5.41) is 6.38. The molecule has 1 aliphatic rings. The minimum Gasteiger partial charge on any atom is -0.482 e. The predicted octanol–water partition coefficient (Wildman–Crippen LogP) is 1.59. The molecule has 130 valence electrons. The van der Waals surface area contributed by atoms with Gasteiger partial charge in [0.25, 0.3) is 5.91 Å². The number of ether oxygens (including phenoxy) is 2. The Bertz CT molecular complexity index is 835. The maximum Gasteiger partial charge on any atom is 0.310 e. The van der Waals surface area contributed by atoms with E-state index in [9.17, 15) is 14.4 Å². The number of hydrogen-bond acceptors (Lipinski definition) is 7. The van der Waals surface area contributed by atoms with E-state index in [-0.39, 0.29) is 24.7 Å². The highest BCUT2D eigenvalue weighted by Crippen LogP contribution is 2.28. The van der Waals surface area contributed by atoms with Crippen molar-refractivity contribution in [2.24, 2.45) is 0 Å². The number of aryl methyl sites for hydroxylation is 2. The Labute approximate surface area is 143 Å². The van der Waals surface area contributed by atoms with Gasteiger partial charge in [0.2, 0.25) is 0 Å². The van der Waals surface area contributed by atoms with Crippen LogP contribution in [0.3, 0.4) is 0 Å². The van der Waals surface area contributed by atoms with Gasteiger partial charge in [0.15, 0.2) is 19.0 Å². The zero-order valence-electron chi connectivity index (χ0n) is 13.8. The maximum absolute atomic E-state index is 12.2. The average Bonchev–Trinajstić information content (AvgIpc) is 2.91. The Morgan fingerprint density at radius 2 is 2.12 bits per heavy atom. The van der Waals surface area contributed by atoms with Gasteiger partial charge in [-0.05, 0) is 32.0 Å². The number of anilines is 1. The Hall–Kier alpha value is -3.16. The standard InChI is InChI=1S/C17H16N2O6/c1-9-12(10(2)25-19-9)6-17(22)24-7-14(20)11-3-4-15-13(5-11)18-16(21)8-23-15/h3-5H,6-8H2,1-2H3,(H,18,21). The zero-order chi connectivity index (χ0) is 18.0. The van der Waals surface area contributed by atoms with Crippen LogP contribution in [0.4, 0.5) is 5.69 Å². The van der Waals surface area contributed by atoms with Crippen LogP contribution in [0.25, 0.3) is 0 Å². The van der Waals surface area contributed by atoms with Crippen LogP contribution < -0.4 is 10.1 Å². The molecule has 2 aromatic rings. The maximum atomic E-state index is 12.2. The normalized spacial score (nSPS) is 12.8. The van der Waals surface area contributed by atoms with Gasteiger partial charge in [-0.25, -0.2) is 0 Å². The molecule has 1 aromatic carbocycles. The van der Waals surface area contributed by atoms with Crippen molar-refractivity contribution in [3.05, 3.63) is 40.8 Å². The van der Waals surface area contributed by atoms with Crippen molar-refractivity contribution in [3.63, 3.8) is 0 Å². The molecule has 0 unspecified atom stereocenters. The first-order chi connectivity index (χ1) is 11.9. The number of nitrogens with one attached hydrogen (secondary N) is 1. The van der Waals surface area contributed by atoms with Crippen LogP contribution in [0.2, 0.25) is 0 Å². The van der Waals surface area contributed by atoms with Crippen LogP contribution in [-0.2, 0) is 20.7 Å². The summed E-state index contributed by atoms with van der Waals surface area (Å²) in [7, 11) is 0. The Balaban J connectivity index is 1.60. The second kappa shape index (κ2) is 6.76. The molecule has 1 N–H and O–H groups in total. The zero-order valence-corrected chi connectivity index (χ0v) is 13.8. The molecule has 0 atom stereocenters. The average molecular weight is 344 g/mol. The van der Waals surface area contributed by atoms with E-state index >= 15 is 0 Å². The number of benzene rings is 1. The summed E-state index contributed by atoms with van der Waals surface area (Å²) >= 11 is 0. The fourth-order valence-electron chi connectivity index (χ4n) is 2.44. The third kappa shape index (κ3) is 3.68. The van der Waals surface area contributed by atoms with Gasteiger partial charge >= 0.3 is 5.97 Å². The molecule has 25 heavy (non-hydrogen) atoms. The number of fused-ring (bicyclic) bond motifs is 1. The topological polar surface area (TPSA) is 108 Å². The van der Waals surface area contributed by atoms with Crippen molar-refractivity contribution in [3.8, 4) is 5.75 Å². The molecule has 0 radical (unpaired) electrons. The number of carbonyl (C=O) groups excluding carboxylic acids is 3. The molecule has 0 spiro atoms. The summed E-state index contributed by atoms with van der Waals surface area (Å²) < 4.78 is 15.2. The van der Waals surface area contributed by atoms with E-state index < -0.39 is 12.6 Å². The van der Waals surface area contributed by atoms with Gasteiger partial charge in [0, 0.05) is 11.1 Å². The van der Waals surface area contributed by atoms with E-state index in [0.29, 0.717) is 34.0 Å². The number of nitrogens with zero attached hydrogens (tertiary/aromatic N) is 1. The lowest BCUT2D eigenvalue weighted by molar-refractivity contribution is -0.141. The number of ketones is 1. The van der Waals surface area contributed by atoms with Gasteiger partial charge in [-0.15, -0.1) is 0 Å². The lowest BCUT2D eigenvalue weighted by atomic mass is 10.1. The minimum atomic E-state index is -0.544. The van der Waals surface area contributed by atoms with Crippen molar-refractivity contribution < 1.29 is 28.4 Å². The second-order valence-electron chi connectivity index (χ2n) is 5.61. The highest BCUT2D eigenvalue weighted by atomic mass is 16.5. The first-order valence-corrected chi connectivity index (χ1v) is 7.61. The van der Waals surface area contributed by atoms with Crippen molar-refractivity contribution >= 4 is 23.3 Å². The van der Waals surface area contributed by atoms with Gasteiger partial charge < -0.3 is 19.3 Å². The third-order valence-electron chi connectivity index (χ3n) is 3.80. The minimum absolute atomic E-state index is 0.0114. The highest BCUT2D eigenvalue weighted by Gasteiger charge is 2.19. The summed E-state index contributed by atoms with van der Waals surface area (Å²) in [6, 6.07) is 4.64. The van der Waals surface area contributed by atoms with Crippen molar-refractivity contribution in [2.75, 3.05) is 18.5 Å². The summed E-state index contributed by atoms with van der Waals surface area (Å²) in [5.74, 6) is -0.173. The first-order valence-electron chi connectivity index (χ1n) is 7.61. The summed E-state index contributed by atoms with van der Waals surface area (Å²) in [5.41, 5.74) is 2.01. The molecule has 0 fully saturated rings. The van der Waals surface area contributed by atoms with Gasteiger partial charge in [0.1, 0.15) is 11.5 Å². The molecule has 8 nitrogen and oxygen atoms in total. The summed E-state index contributed by atoms with van der Waals surface area (Å²) in [6.07, 6.45) is -0.0114. The lowest BCUT2D eigenvalue weighted by Crippen LogP contribution is -2.25. The summed E-state index contributed by atoms with van der Waals surface area (Å²) in [4.78, 5) is 35.4. The number of aromatic nitrogens is 1. The van der Waals surface area contributed by atoms with E-state index in [1.165, 1.54) is 6.07 Å². The Kier molecular flexibility index (Phi) is 4.51. The van der Waals surface area contributed by atoms with E-state index in [0.717, 1.165) is 0 Å². The molecule has 0 saturated heterocycles. The number of carbonyl (C=O) groups is 3. The number of rotatable bonds is 5. The molecule has 3 rings (SSSR count). The van der Waals surface area contributed by atoms with Crippen molar-refractivity contribution in [2.45, 2.75) is 20.3 Å². The van der Waals surface area contributed by atoms with Gasteiger partial charge in [-0.3, -0.25) is 14.4 Å². The van der Waals surface area contributed by atoms with Crippen LogP contribution in [0.1, 0.15) is 27.4 Å². The highest BCUT2D eigenvalue weighted by molar-refractivity contribution is 6.01. The van der Waals surface area contributed by atoms with E-state index in [1.807, 2.05) is 0 Å². The predicted molar refractivity (Wildman–Crippen MR) is 85.5 cm³/mol. The molecule has 1 amide bonds. The van der Waals surface area contributed by atoms with Gasteiger partial charge in [-0.1, -0.05) is 5.16 Å². The molecule has 0 bridgehead atoms. The smallest absolute Gasteiger partial charge is 0.310 e. The fourth-order valence-corrected chi connectivity index (χ4v) is 2.44. The quantitative estimate of drug-likeness (QED) is 0.648. The molecule has 0 aliphatic carbocycles. The molecule has 1 aromatic heterocycles. The Morgan fingerprint density at radius 3 is 2.84 bits per heavy atom. The SMILES string of the molecule is Cc1noc(C)c1CC(=O)OCC(=O)c1ccc2c(c1)NC(=O)CO2. The summed E-state index contributed by atoms with van der Waals surface area (Å²) in [6.45, 7) is 2.99. The number of esters is 1. The van der Waals surface area contributed by atoms with Crippen LogP contribution in [-0.4, -0.2) is 36.0 Å². The van der Waals surface area contributed by atoms with Crippen molar-refractivity contribution in [1.29, 1.82) is 0 Å². The third-order valence-corrected chi connectivity index (χ3v) is 3.80.